The number of fused-ring (bicyclic) bond motifs is 1. The van der Waals surface area contributed by atoms with Crippen molar-refractivity contribution in [3.8, 4) is 0 Å². The molecule has 1 atom stereocenters. The van der Waals surface area contributed by atoms with E-state index in [1.54, 1.807) is 23.6 Å². The number of para-hydroxylation sites is 1. The van der Waals surface area contributed by atoms with Crippen molar-refractivity contribution in [2.45, 2.75) is 23.9 Å². The topological polar surface area (TPSA) is 78.0 Å². The lowest BCUT2D eigenvalue weighted by atomic mass is 10.2. The molecule has 3 rings (SSSR count). The lowest BCUT2D eigenvalue weighted by Crippen LogP contribution is -2.27. The van der Waals surface area contributed by atoms with E-state index < -0.39 is 11.2 Å². The molecule has 0 aliphatic carbocycles. The third-order valence-electron chi connectivity index (χ3n) is 3.69. The highest BCUT2D eigenvalue weighted by atomic mass is 32.2. The molecule has 0 fully saturated rings. The van der Waals surface area contributed by atoms with Crippen molar-refractivity contribution in [3.63, 3.8) is 0 Å². The van der Waals surface area contributed by atoms with Gasteiger partial charge < -0.3 is 5.73 Å². The standard InChI is InChI=1S/C18H17N3O2S/c1-12(16(19)22)24-18-20-15-10-6-5-9-14(15)17(23)21(18)11-13-7-3-2-4-8-13/h2-10,12H,11H2,1H3,(H2,19,22)/t12-/m1/s1. The maximum atomic E-state index is 12.9. The molecule has 2 N–H and O–H groups in total. The van der Waals surface area contributed by atoms with Crippen molar-refractivity contribution in [2.24, 2.45) is 5.73 Å². The molecule has 1 amide bonds. The maximum absolute atomic E-state index is 12.9. The summed E-state index contributed by atoms with van der Waals surface area (Å²) in [6.45, 7) is 2.10. The molecule has 1 heterocycles. The van der Waals surface area contributed by atoms with Crippen LogP contribution in [0.15, 0.2) is 64.5 Å². The Morgan fingerprint density at radius 2 is 1.83 bits per heavy atom. The van der Waals surface area contributed by atoms with Crippen molar-refractivity contribution in [1.29, 1.82) is 0 Å². The molecule has 0 unspecified atom stereocenters. The highest BCUT2D eigenvalue weighted by Gasteiger charge is 2.17. The van der Waals surface area contributed by atoms with Gasteiger partial charge in [-0.2, -0.15) is 0 Å². The molecule has 0 aliphatic heterocycles. The van der Waals surface area contributed by atoms with E-state index in [4.69, 9.17) is 5.73 Å². The number of nitrogens with two attached hydrogens (primary N) is 1. The van der Waals surface area contributed by atoms with Gasteiger partial charge in [0.1, 0.15) is 0 Å². The van der Waals surface area contributed by atoms with Gasteiger partial charge in [-0.3, -0.25) is 14.2 Å². The Balaban J connectivity index is 2.14. The summed E-state index contributed by atoms with van der Waals surface area (Å²) >= 11 is 1.20. The molecular weight excluding hydrogens is 322 g/mol. The number of amides is 1. The molecule has 0 saturated heterocycles. The minimum absolute atomic E-state index is 0.122. The minimum Gasteiger partial charge on any atom is -0.369 e. The second-order valence-corrected chi connectivity index (χ2v) is 6.76. The molecule has 24 heavy (non-hydrogen) atoms. The number of carbonyl (C=O) groups is 1. The van der Waals surface area contributed by atoms with Gasteiger partial charge in [-0.25, -0.2) is 4.98 Å². The van der Waals surface area contributed by atoms with Crippen LogP contribution in [0, 0.1) is 0 Å². The van der Waals surface area contributed by atoms with E-state index in [2.05, 4.69) is 4.98 Å². The van der Waals surface area contributed by atoms with E-state index in [9.17, 15) is 9.59 Å². The number of aromatic nitrogens is 2. The zero-order chi connectivity index (χ0) is 17.1. The van der Waals surface area contributed by atoms with Gasteiger partial charge in [-0.1, -0.05) is 54.2 Å². The minimum atomic E-state index is -0.472. The Bertz CT molecular complexity index is 938. The second kappa shape index (κ2) is 6.88. The van der Waals surface area contributed by atoms with Crippen LogP contribution in [0.4, 0.5) is 0 Å². The molecule has 0 spiro atoms. The monoisotopic (exact) mass is 339 g/mol. The summed E-state index contributed by atoms with van der Waals surface area (Å²) in [5, 5.41) is 0.582. The number of carbonyl (C=O) groups excluding carboxylic acids is 1. The number of benzene rings is 2. The first-order valence-corrected chi connectivity index (χ1v) is 8.43. The summed E-state index contributed by atoms with van der Waals surface area (Å²) in [7, 11) is 0. The number of rotatable bonds is 5. The average molecular weight is 339 g/mol. The van der Waals surface area contributed by atoms with E-state index in [1.165, 1.54) is 11.8 Å². The Kier molecular flexibility index (Phi) is 4.66. The average Bonchev–Trinajstić information content (AvgIpc) is 2.59. The van der Waals surface area contributed by atoms with Crippen LogP contribution < -0.4 is 11.3 Å². The first-order chi connectivity index (χ1) is 11.6. The van der Waals surface area contributed by atoms with Crippen LogP contribution in [-0.4, -0.2) is 20.7 Å². The van der Waals surface area contributed by atoms with Crippen molar-refractivity contribution in [2.75, 3.05) is 0 Å². The number of nitrogens with zero attached hydrogens (tertiary/aromatic N) is 2. The Hall–Kier alpha value is -2.60. The molecule has 122 valence electrons. The molecular formula is C18H17N3O2S. The fourth-order valence-electron chi connectivity index (χ4n) is 2.36. The van der Waals surface area contributed by atoms with Gasteiger partial charge in [-0.05, 0) is 24.6 Å². The SMILES string of the molecule is C[C@@H](Sc1nc2ccccc2c(=O)n1Cc1ccccc1)C(N)=O. The van der Waals surface area contributed by atoms with Crippen LogP contribution in [0.5, 0.6) is 0 Å². The summed E-state index contributed by atoms with van der Waals surface area (Å²) in [5.41, 5.74) is 6.85. The first kappa shape index (κ1) is 16.3. The van der Waals surface area contributed by atoms with Gasteiger partial charge in [0.2, 0.25) is 5.91 Å². The third kappa shape index (κ3) is 3.33. The maximum Gasteiger partial charge on any atom is 0.262 e. The quantitative estimate of drug-likeness (QED) is 0.572. The molecule has 6 heteroatoms. The van der Waals surface area contributed by atoms with Crippen molar-refractivity contribution < 1.29 is 4.79 Å². The fraction of sp³-hybridized carbons (Fsp3) is 0.167. The molecule has 1 aromatic heterocycles. The van der Waals surface area contributed by atoms with Crippen LogP contribution in [-0.2, 0) is 11.3 Å². The van der Waals surface area contributed by atoms with E-state index in [0.29, 0.717) is 22.6 Å². The first-order valence-electron chi connectivity index (χ1n) is 7.56. The zero-order valence-electron chi connectivity index (χ0n) is 13.2. The smallest absolute Gasteiger partial charge is 0.262 e. The fourth-order valence-corrected chi connectivity index (χ4v) is 3.22. The van der Waals surface area contributed by atoms with Crippen LogP contribution in [0.2, 0.25) is 0 Å². The van der Waals surface area contributed by atoms with Crippen molar-refractivity contribution in [3.05, 3.63) is 70.5 Å². The van der Waals surface area contributed by atoms with E-state index in [1.807, 2.05) is 42.5 Å². The van der Waals surface area contributed by atoms with E-state index >= 15 is 0 Å². The highest BCUT2D eigenvalue weighted by Crippen LogP contribution is 2.23. The second-order valence-electron chi connectivity index (χ2n) is 5.45. The number of primary amides is 1. The summed E-state index contributed by atoms with van der Waals surface area (Å²) in [6.07, 6.45) is 0. The molecule has 2 aromatic carbocycles. The Morgan fingerprint density at radius 1 is 1.17 bits per heavy atom. The van der Waals surface area contributed by atoms with E-state index in [0.717, 1.165) is 5.56 Å². The van der Waals surface area contributed by atoms with Gasteiger partial charge in [-0.15, -0.1) is 0 Å². The molecule has 5 nitrogen and oxygen atoms in total. The summed E-state index contributed by atoms with van der Waals surface area (Å²) in [5.74, 6) is -0.436. The normalized spacial score (nSPS) is 12.2. The molecule has 0 bridgehead atoms. The van der Waals surface area contributed by atoms with Crippen LogP contribution in [0.25, 0.3) is 10.9 Å². The van der Waals surface area contributed by atoms with Gasteiger partial charge in [0.25, 0.3) is 5.56 Å². The molecule has 0 radical (unpaired) electrons. The van der Waals surface area contributed by atoms with Crippen LogP contribution >= 0.6 is 11.8 Å². The lowest BCUT2D eigenvalue weighted by Gasteiger charge is -2.15. The zero-order valence-corrected chi connectivity index (χ0v) is 14.0. The Morgan fingerprint density at radius 3 is 2.54 bits per heavy atom. The van der Waals surface area contributed by atoms with E-state index in [-0.39, 0.29) is 5.56 Å². The van der Waals surface area contributed by atoms with Gasteiger partial charge in [0, 0.05) is 0 Å². The van der Waals surface area contributed by atoms with Crippen molar-refractivity contribution >= 4 is 28.6 Å². The van der Waals surface area contributed by atoms with Crippen LogP contribution in [0.1, 0.15) is 12.5 Å². The summed E-state index contributed by atoms with van der Waals surface area (Å²) in [4.78, 5) is 28.9. The van der Waals surface area contributed by atoms with Gasteiger partial charge in [0.15, 0.2) is 5.16 Å². The Labute approximate surface area is 143 Å². The molecule has 0 aliphatic rings. The predicted octanol–water partition coefficient (Wildman–Crippen LogP) is 2.41. The molecule has 3 aromatic rings. The largest absolute Gasteiger partial charge is 0.369 e. The van der Waals surface area contributed by atoms with Crippen LogP contribution in [0.3, 0.4) is 0 Å². The van der Waals surface area contributed by atoms with Gasteiger partial charge in [0.05, 0.1) is 22.7 Å². The third-order valence-corrected chi connectivity index (χ3v) is 4.80. The highest BCUT2D eigenvalue weighted by molar-refractivity contribution is 8.00. The predicted molar refractivity (Wildman–Crippen MR) is 96.1 cm³/mol. The lowest BCUT2D eigenvalue weighted by molar-refractivity contribution is -0.117. The number of hydrogen-bond acceptors (Lipinski definition) is 4. The number of hydrogen-bond donors (Lipinski definition) is 1. The van der Waals surface area contributed by atoms with Gasteiger partial charge >= 0.3 is 0 Å². The molecule has 0 saturated carbocycles. The number of thioether (sulfide) groups is 1. The summed E-state index contributed by atoms with van der Waals surface area (Å²) < 4.78 is 1.60. The van der Waals surface area contributed by atoms with Crippen molar-refractivity contribution in [1.82, 2.24) is 9.55 Å². The summed E-state index contributed by atoms with van der Waals surface area (Å²) in [6, 6.07) is 16.9.